The Bertz CT molecular complexity index is 313. The van der Waals surface area contributed by atoms with Crippen LogP contribution < -0.4 is 0 Å². The molecule has 1 heterocycles. The molecule has 86 valence electrons. The first-order valence-electron chi connectivity index (χ1n) is 4.13. The summed E-state index contributed by atoms with van der Waals surface area (Å²) in [6.45, 7) is 1.83. The van der Waals surface area contributed by atoms with Crippen molar-refractivity contribution < 1.29 is 18.3 Å². The van der Waals surface area contributed by atoms with Gasteiger partial charge in [0.2, 0.25) is 0 Å². The third kappa shape index (κ3) is 4.40. The van der Waals surface area contributed by atoms with Crippen molar-refractivity contribution in [1.82, 2.24) is 4.98 Å². The van der Waals surface area contributed by atoms with Crippen LogP contribution in [0.1, 0.15) is 10.7 Å². The van der Waals surface area contributed by atoms with Gasteiger partial charge >= 0.3 is 6.18 Å². The minimum Gasteiger partial charge on any atom is -0.383 e. The highest BCUT2D eigenvalue weighted by Gasteiger charge is 2.37. The molecular weight excluding hydrogens is 247 g/mol. The summed E-state index contributed by atoms with van der Waals surface area (Å²) in [4.78, 5) is 4.10. The van der Waals surface area contributed by atoms with Crippen molar-refractivity contribution in [2.24, 2.45) is 0 Å². The van der Waals surface area contributed by atoms with E-state index >= 15 is 0 Å². The van der Waals surface area contributed by atoms with Gasteiger partial charge in [-0.25, -0.2) is 4.98 Å². The molecule has 0 fully saturated rings. The number of aromatic nitrogens is 1. The molecule has 1 atom stereocenters. The number of aryl methyl sites for hydroxylation is 1. The Morgan fingerprint density at radius 1 is 1.60 bits per heavy atom. The average molecular weight is 257 g/mol. The molecule has 0 unspecified atom stereocenters. The minimum absolute atomic E-state index is 0.345. The fourth-order valence-electron chi connectivity index (χ4n) is 0.821. The number of nitrogens with zero attached hydrogens (tertiary/aromatic N) is 1. The van der Waals surface area contributed by atoms with Gasteiger partial charge in [-0.15, -0.1) is 11.3 Å². The van der Waals surface area contributed by atoms with Crippen molar-refractivity contribution in [2.75, 3.05) is 5.75 Å². The Balaban J connectivity index is 2.28. The highest BCUT2D eigenvalue weighted by Crippen LogP contribution is 2.25. The molecule has 0 aliphatic rings. The van der Waals surface area contributed by atoms with Crippen LogP contribution in [0, 0.1) is 6.92 Å². The highest BCUT2D eigenvalue weighted by molar-refractivity contribution is 7.98. The molecule has 1 rings (SSSR count). The first-order chi connectivity index (χ1) is 6.89. The molecule has 0 aromatic carbocycles. The van der Waals surface area contributed by atoms with Gasteiger partial charge in [-0.2, -0.15) is 24.9 Å². The van der Waals surface area contributed by atoms with Crippen LogP contribution in [0.3, 0.4) is 0 Å². The summed E-state index contributed by atoms with van der Waals surface area (Å²) in [5.41, 5.74) is 0.868. The second-order valence-electron chi connectivity index (χ2n) is 2.96. The topological polar surface area (TPSA) is 33.1 Å². The zero-order chi connectivity index (χ0) is 11.5. The summed E-state index contributed by atoms with van der Waals surface area (Å²) in [6.07, 6.45) is -6.77. The quantitative estimate of drug-likeness (QED) is 0.900. The van der Waals surface area contributed by atoms with Crippen LogP contribution in [0.15, 0.2) is 5.38 Å². The average Bonchev–Trinajstić information content (AvgIpc) is 2.49. The number of alkyl halides is 3. The first-order valence-corrected chi connectivity index (χ1v) is 6.16. The van der Waals surface area contributed by atoms with Crippen LogP contribution in [-0.2, 0) is 5.75 Å². The van der Waals surface area contributed by atoms with E-state index in [1.54, 1.807) is 0 Å². The number of aliphatic hydroxyl groups excluding tert-OH is 1. The maximum absolute atomic E-state index is 11.9. The van der Waals surface area contributed by atoms with Crippen LogP contribution in [0.4, 0.5) is 13.2 Å². The van der Waals surface area contributed by atoms with Gasteiger partial charge in [0.1, 0.15) is 5.01 Å². The minimum atomic E-state index is -4.52. The number of rotatable bonds is 4. The second kappa shape index (κ2) is 5.18. The van der Waals surface area contributed by atoms with E-state index in [9.17, 15) is 13.2 Å². The molecule has 1 aromatic rings. The number of halogens is 3. The van der Waals surface area contributed by atoms with Crippen LogP contribution >= 0.6 is 23.1 Å². The summed E-state index contributed by atoms with van der Waals surface area (Å²) in [7, 11) is 0. The molecule has 7 heteroatoms. The van der Waals surface area contributed by atoms with Crippen LogP contribution in [0.25, 0.3) is 0 Å². The number of aliphatic hydroxyl groups is 1. The lowest BCUT2D eigenvalue weighted by Gasteiger charge is -2.13. The standard InChI is InChI=1S/C8H10F3NOS2/c1-5-2-15-7(12-5)4-14-3-6(13)8(9,10)11/h2,6,13H,3-4H2,1H3/t6-/m1/s1. The normalized spacial score (nSPS) is 14.2. The van der Waals surface area contributed by atoms with Gasteiger partial charge in [0, 0.05) is 22.6 Å². The van der Waals surface area contributed by atoms with Gasteiger partial charge in [-0.3, -0.25) is 0 Å². The maximum Gasteiger partial charge on any atom is 0.415 e. The van der Waals surface area contributed by atoms with Crippen molar-refractivity contribution >= 4 is 23.1 Å². The Morgan fingerprint density at radius 2 is 2.27 bits per heavy atom. The van der Waals surface area contributed by atoms with Crippen LogP contribution in [0.5, 0.6) is 0 Å². The molecule has 0 spiro atoms. The van der Waals surface area contributed by atoms with Gasteiger partial charge in [0.25, 0.3) is 0 Å². The van der Waals surface area contributed by atoms with Crippen LogP contribution in [-0.4, -0.2) is 28.1 Å². The molecule has 0 amide bonds. The number of thiazole rings is 1. The van der Waals surface area contributed by atoms with E-state index in [1.807, 2.05) is 12.3 Å². The van der Waals surface area contributed by atoms with Gasteiger partial charge in [-0.05, 0) is 6.92 Å². The van der Waals surface area contributed by atoms with E-state index in [-0.39, 0.29) is 5.75 Å². The smallest absolute Gasteiger partial charge is 0.383 e. The van der Waals surface area contributed by atoms with Crippen molar-refractivity contribution in [2.45, 2.75) is 25.0 Å². The summed E-state index contributed by atoms with van der Waals surface area (Å²) < 4.78 is 35.7. The summed E-state index contributed by atoms with van der Waals surface area (Å²) >= 11 is 2.45. The van der Waals surface area contributed by atoms with Gasteiger partial charge in [0.05, 0.1) is 0 Å². The molecule has 2 nitrogen and oxygen atoms in total. The Morgan fingerprint density at radius 3 is 2.73 bits per heavy atom. The number of hydrogen-bond acceptors (Lipinski definition) is 4. The lowest BCUT2D eigenvalue weighted by atomic mass is 10.4. The van der Waals surface area contributed by atoms with Crippen LogP contribution in [0.2, 0.25) is 0 Å². The lowest BCUT2D eigenvalue weighted by molar-refractivity contribution is -0.195. The van der Waals surface area contributed by atoms with Crippen molar-refractivity contribution in [3.8, 4) is 0 Å². The van der Waals surface area contributed by atoms with Crippen molar-refractivity contribution in [1.29, 1.82) is 0 Å². The third-order valence-electron chi connectivity index (χ3n) is 1.55. The maximum atomic E-state index is 11.9. The van der Waals surface area contributed by atoms with E-state index in [2.05, 4.69) is 4.98 Å². The zero-order valence-electron chi connectivity index (χ0n) is 7.91. The van der Waals surface area contributed by atoms with Crippen molar-refractivity contribution in [3.05, 3.63) is 16.1 Å². The predicted octanol–water partition coefficient (Wildman–Crippen LogP) is 2.61. The van der Waals surface area contributed by atoms with E-state index in [4.69, 9.17) is 5.11 Å². The first kappa shape index (κ1) is 12.8. The molecule has 0 aliphatic carbocycles. The fourth-order valence-corrected chi connectivity index (χ4v) is 2.67. The Hall–Kier alpha value is -0.270. The molecule has 0 saturated heterocycles. The molecule has 0 aliphatic heterocycles. The Kier molecular flexibility index (Phi) is 4.42. The van der Waals surface area contributed by atoms with Gasteiger partial charge in [0.15, 0.2) is 6.10 Å². The summed E-state index contributed by atoms with van der Waals surface area (Å²) in [5.74, 6) is 0.0633. The Labute approximate surface area is 93.5 Å². The van der Waals surface area contributed by atoms with E-state index in [1.165, 1.54) is 11.3 Å². The van der Waals surface area contributed by atoms with E-state index in [0.29, 0.717) is 5.75 Å². The van der Waals surface area contributed by atoms with E-state index < -0.39 is 12.3 Å². The monoisotopic (exact) mass is 257 g/mol. The number of hydrogen-bond donors (Lipinski definition) is 1. The highest BCUT2D eigenvalue weighted by atomic mass is 32.2. The number of thioether (sulfide) groups is 1. The molecule has 0 radical (unpaired) electrons. The molecule has 1 aromatic heterocycles. The van der Waals surface area contributed by atoms with Gasteiger partial charge < -0.3 is 5.11 Å². The molecule has 0 saturated carbocycles. The lowest BCUT2D eigenvalue weighted by Crippen LogP contribution is -2.30. The predicted molar refractivity (Wildman–Crippen MR) is 55.1 cm³/mol. The fraction of sp³-hybridized carbons (Fsp3) is 0.625. The molecule has 15 heavy (non-hydrogen) atoms. The molecule has 1 N–H and O–H groups in total. The second-order valence-corrected chi connectivity index (χ2v) is 4.93. The molecular formula is C8H10F3NOS2. The molecule has 0 bridgehead atoms. The summed E-state index contributed by atoms with van der Waals surface area (Å²) in [6, 6.07) is 0. The SMILES string of the molecule is Cc1csc(CSC[C@@H](O)C(F)(F)F)n1. The summed E-state index contributed by atoms with van der Waals surface area (Å²) in [5, 5.41) is 11.3. The van der Waals surface area contributed by atoms with E-state index in [0.717, 1.165) is 22.5 Å². The third-order valence-corrected chi connectivity index (χ3v) is 3.72. The zero-order valence-corrected chi connectivity index (χ0v) is 9.55. The largest absolute Gasteiger partial charge is 0.415 e. The van der Waals surface area contributed by atoms with Crippen molar-refractivity contribution in [3.63, 3.8) is 0 Å². The van der Waals surface area contributed by atoms with Gasteiger partial charge in [-0.1, -0.05) is 0 Å².